The summed E-state index contributed by atoms with van der Waals surface area (Å²) >= 11 is 0. The highest BCUT2D eigenvalue weighted by Crippen LogP contribution is 2.17. The number of unbranched alkanes of at least 4 members (excludes halogenated alkanes) is 9. The third-order valence-corrected chi connectivity index (χ3v) is 5.16. The summed E-state index contributed by atoms with van der Waals surface area (Å²) in [4.78, 5) is 0. The van der Waals surface area contributed by atoms with Crippen LogP contribution < -0.4 is 0 Å². The first kappa shape index (κ1) is 20.6. The van der Waals surface area contributed by atoms with Gasteiger partial charge in [-0.25, -0.2) is 0 Å². The van der Waals surface area contributed by atoms with Crippen LogP contribution in [0.3, 0.4) is 0 Å². The zero-order chi connectivity index (χ0) is 18.5. The van der Waals surface area contributed by atoms with Crippen LogP contribution in [0, 0.1) is 0 Å². The van der Waals surface area contributed by atoms with E-state index in [1.165, 1.54) is 81.8 Å². The van der Waals surface area contributed by atoms with Gasteiger partial charge in [-0.1, -0.05) is 101 Å². The van der Waals surface area contributed by atoms with Gasteiger partial charge >= 0.3 is 0 Å². The number of aryl methyl sites for hydroxylation is 1. The molecule has 0 bridgehead atoms. The lowest BCUT2D eigenvalue weighted by atomic mass is 10.0. The number of benzene rings is 2. The Morgan fingerprint density at radius 2 is 1.19 bits per heavy atom. The first-order valence-corrected chi connectivity index (χ1v) is 10.6. The SMILES string of the molecule is CCCCCCCCCCCCc1ccc(Cc2cccc(O)c2)cc1. The third kappa shape index (κ3) is 8.56. The molecule has 0 aliphatic rings. The fourth-order valence-corrected chi connectivity index (χ4v) is 3.54. The Bertz CT molecular complexity index is 600. The Hall–Kier alpha value is -1.76. The molecule has 0 saturated carbocycles. The van der Waals surface area contributed by atoms with Crippen molar-refractivity contribution in [1.29, 1.82) is 0 Å². The Morgan fingerprint density at radius 3 is 1.81 bits per heavy atom. The van der Waals surface area contributed by atoms with Crippen LogP contribution >= 0.6 is 0 Å². The van der Waals surface area contributed by atoms with E-state index in [-0.39, 0.29) is 0 Å². The van der Waals surface area contributed by atoms with Crippen LogP contribution in [0.1, 0.15) is 87.8 Å². The van der Waals surface area contributed by atoms with Crippen LogP contribution in [-0.4, -0.2) is 5.11 Å². The number of hydrogen-bond donors (Lipinski definition) is 1. The fourth-order valence-electron chi connectivity index (χ4n) is 3.54. The number of rotatable bonds is 13. The van der Waals surface area contributed by atoms with E-state index in [4.69, 9.17) is 0 Å². The largest absolute Gasteiger partial charge is 0.508 e. The molecule has 0 aliphatic heterocycles. The summed E-state index contributed by atoms with van der Waals surface area (Å²) in [6, 6.07) is 16.5. The predicted octanol–water partition coefficient (Wildman–Crippen LogP) is 7.45. The van der Waals surface area contributed by atoms with E-state index in [1.807, 2.05) is 12.1 Å². The van der Waals surface area contributed by atoms with Crippen molar-refractivity contribution in [1.82, 2.24) is 0 Å². The van der Waals surface area contributed by atoms with Gasteiger partial charge in [-0.05, 0) is 48.1 Å². The maximum Gasteiger partial charge on any atom is 0.115 e. The van der Waals surface area contributed by atoms with Gasteiger partial charge in [0.05, 0.1) is 0 Å². The summed E-state index contributed by atoms with van der Waals surface area (Å²) in [6.07, 6.45) is 16.0. The molecular formula is C25H36O. The van der Waals surface area contributed by atoms with E-state index in [9.17, 15) is 5.11 Å². The van der Waals surface area contributed by atoms with Gasteiger partial charge in [0.1, 0.15) is 5.75 Å². The van der Waals surface area contributed by atoms with Gasteiger partial charge < -0.3 is 5.11 Å². The van der Waals surface area contributed by atoms with Gasteiger partial charge in [0.2, 0.25) is 0 Å². The topological polar surface area (TPSA) is 20.2 Å². The average molecular weight is 353 g/mol. The molecule has 0 spiro atoms. The van der Waals surface area contributed by atoms with E-state index in [0.717, 1.165) is 12.0 Å². The molecule has 0 fully saturated rings. The molecule has 0 aliphatic carbocycles. The van der Waals surface area contributed by atoms with Crippen molar-refractivity contribution in [2.75, 3.05) is 0 Å². The lowest BCUT2D eigenvalue weighted by Crippen LogP contribution is -1.90. The normalized spacial score (nSPS) is 11.0. The third-order valence-electron chi connectivity index (χ3n) is 5.16. The average Bonchev–Trinajstić information content (AvgIpc) is 2.65. The van der Waals surface area contributed by atoms with Gasteiger partial charge in [0.25, 0.3) is 0 Å². The standard InChI is InChI=1S/C25H36O/c1-2-3-4-5-6-7-8-9-10-11-13-22-16-18-23(19-17-22)20-24-14-12-15-25(26)21-24/h12,14-19,21,26H,2-11,13,20H2,1H3. The first-order valence-electron chi connectivity index (χ1n) is 10.6. The molecule has 0 unspecified atom stereocenters. The highest BCUT2D eigenvalue weighted by Gasteiger charge is 1.99. The maximum atomic E-state index is 9.56. The molecule has 1 N–H and O–H groups in total. The number of hydrogen-bond acceptors (Lipinski definition) is 1. The van der Waals surface area contributed by atoms with Crippen molar-refractivity contribution >= 4 is 0 Å². The summed E-state index contributed by atoms with van der Waals surface area (Å²) < 4.78 is 0. The minimum atomic E-state index is 0.347. The zero-order valence-electron chi connectivity index (χ0n) is 16.6. The number of phenolic OH excluding ortho intramolecular Hbond substituents is 1. The minimum Gasteiger partial charge on any atom is -0.508 e. The first-order chi connectivity index (χ1) is 12.8. The van der Waals surface area contributed by atoms with Crippen LogP contribution in [0.15, 0.2) is 48.5 Å². The van der Waals surface area contributed by atoms with E-state index in [0.29, 0.717) is 5.75 Å². The summed E-state index contributed by atoms with van der Waals surface area (Å²) in [7, 11) is 0. The fraction of sp³-hybridized carbons (Fsp3) is 0.520. The van der Waals surface area contributed by atoms with E-state index in [2.05, 4.69) is 37.3 Å². The van der Waals surface area contributed by atoms with Crippen molar-refractivity contribution in [2.24, 2.45) is 0 Å². The second-order valence-electron chi connectivity index (χ2n) is 7.60. The summed E-state index contributed by atoms with van der Waals surface area (Å²) in [5.74, 6) is 0.347. The monoisotopic (exact) mass is 352 g/mol. The molecule has 0 atom stereocenters. The van der Waals surface area contributed by atoms with Gasteiger partial charge in [-0.3, -0.25) is 0 Å². The smallest absolute Gasteiger partial charge is 0.115 e. The Labute approximate surface area is 160 Å². The van der Waals surface area contributed by atoms with Gasteiger partial charge in [0.15, 0.2) is 0 Å². The lowest BCUT2D eigenvalue weighted by Gasteiger charge is -2.06. The molecule has 0 amide bonds. The van der Waals surface area contributed by atoms with Gasteiger partial charge in [0, 0.05) is 0 Å². The quantitative estimate of drug-likeness (QED) is 0.371. The molecule has 0 radical (unpaired) electrons. The highest BCUT2D eigenvalue weighted by atomic mass is 16.3. The molecule has 2 rings (SSSR count). The molecule has 142 valence electrons. The van der Waals surface area contributed by atoms with Crippen molar-refractivity contribution in [3.63, 3.8) is 0 Å². The van der Waals surface area contributed by atoms with Crippen LogP contribution in [0.25, 0.3) is 0 Å². The van der Waals surface area contributed by atoms with E-state index < -0.39 is 0 Å². The summed E-state index contributed by atoms with van der Waals surface area (Å²) in [5, 5.41) is 9.56. The predicted molar refractivity (Wildman–Crippen MR) is 113 cm³/mol. The molecule has 2 aromatic carbocycles. The van der Waals surface area contributed by atoms with Crippen LogP contribution in [-0.2, 0) is 12.8 Å². The van der Waals surface area contributed by atoms with Crippen LogP contribution in [0.5, 0.6) is 5.75 Å². The number of phenols is 1. The molecule has 0 heterocycles. The van der Waals surface area contributed by atoms with Gasteiger partial charge in [-0.2, -0.15) is 0 Å². The highest BCUT2D eigenvalue weighted by molar-refractivity contribution is 5.33. The number of aromatic hydroxyl groups is 1. The Kier molecular flexibility index (Phi) is 9.94. The lowest BCUT2D eigenvalue weighted by molar-refractivity contribution is 0.474. The van der Waals surface area contributed by atoms with Crippen molar-refractivity contribution in [3.8, 4) is 5.75 Å². The molecular weight excluding hydrogens is 316 g/mol. The van der Waals surface area contributed by atoms with Crippen molar-refractivity contribution < 1.29 is 5.11 Å². The maximum absolute atomic E-state index is 9.56. The molecule has 0 saturated heterocycles. The van der Waals surface area contributed by atoms with Crippen LogP contribution in [0.2, 0.25) is 0 Å². The summed E-state index contributed by atoms with van der Waals surface area (Å²) in [5.41, 5.74) is 3.92. The molecule has 1 nitrogen and oxygen atoms in total. The van der Waals surface area contributed by atoms with Crippen LogP contribution in [0.4, 0.5) is 0 Å². The zero-order valence-corrected chi connectivity index (χ0v) is 16.6. The summed E-state index contributed by atoms with van der Waals surface area (Å²) in [6.45, 7) is 2.28. The molecule has 1 heteroatoms. The molecule has 0 aromatic heterocycles. The van der Waals surface area contributed by atoms with E-state index >= 15 is 0 Å². The Balaban J connectivity index is 1.56. The van der Waals surface area contributed by atoms with Gasteiger partial charge in [-0.15, -0.1) is 0 Å². The van der Waals surface area contributed by atoms with Crippen molar-refractivity contribution in [3.05, 3.63) is 65.2 Å². The molecule has 26 heavy (non-hydrogen) atoms. The second kappa shape index (κ2) is 12.6. The minimum absolute atomic E-state index is 0.347. The van der Waals surface area contributed by atoms with E-state index in [1.54, 1.807) is 6.07 Å². The van der Waals surface area contributed by atoms with Crippen molar-refractivity contribution in [2.45, 2.75) is 84.0 Å². The second-order valence-corrected chi connectivity index (χ2v) is 7.60. The Morgan fingerprint density at radius 1 is 0.615 bits per heavy atom. The molecule has 2 aromatic rings.